The molecule has 0 aromatic heterocycles. The van der Waals surface area contributed by atoms with E-state index in [9.17, 15) is 9.90 Å². The number of carbonyl (C=O) groups is 1. The van der Waals surface area contributed by atoms with Gasteiger partial charge in [0.2, 0.25) is 0 Å². The van der Waals surface area contributed by atoms with E-state index in [1.54, 1.807) is 12.1 Å². The lowest BCUT2D eigenvalue weighted by Gasteiger charge is -2.21. The van der Waals surface area contributed by atoms with Crippen LogP contribution in [0.15, 0.2) is 89.9 Å². The summed E-state index contributed by atoms with van der Waals surface area (Å²) >= 11 is 3.83. The first-order valence-electron chi connectivity index (χ1n) is 11.9. The van der Waals surface area contributed by atoms with Crippen molar-refractivity contribution in [1.82, 2.24) is 0 Å². The maximum Gasteiger partial charge on any atom is 0.175 e. The summed E-state index contributed by atoms with van der Waals surface area (Å²) in [5.41, 5.74) is 9.40. The van der Waals surface area contributed by atoms with Gasteiger partial charge in [0, 0.05) is 60.1 Å². The predicted molar refractivity (Wildman–Crippen MR) is 166 cm³/mol. The number of fused-ring (bicyclic) bond motifs is 1. The Morgan fingerprint density at radius 3 is 2.11 bits per heavy atom. The maximum atomic E-state index is 12.2. The van der Waals surface area contributed by atoms with Crippen LogP contribution in [0.25, 0.3) is 10.8 Å². The highest BCUT2D eigenvalue weighted by Crippen LogP contribution is 2.31. The van der Waals surface area contributed by atoms with E-state index in [1.807, 2.05) is 98.8 Å². The molecule has 0 aliphatic carbocycles. The summed E-state index contributed by atoms with van der Waals surface area (Å²) in [6, 6.07) is 26.8. The monoisotopic (exact) mass is 529 g/mol. The fraction of sp³-hybridized carbons (Fsp3) is 0.167. The molecule has 0 saturated carbocycles. The molecule has 0 heterocycles. The van der Waals surface area contributed by atoms with Crippen LogP contribution in [-0.2, 0) is 4.79 Å². The van der Waals surface area contributed by atoms with Crippen LogP contribution in [0.1, 0.15) is 11.1 Å². The van der Waals surface area contributed by atoms with Gasteiger partial charge in [0.05, 0.1) is 5.71 Å². The number of nitrogens with one attached hydrogen (secondary N) is 2. The molecular formula is C30H35N5O2S. The number of nitrogens with two attached hydrogens (primary N) is 1. The Morgan fingerprint density at radius 2 is 1.53 bits per heavy atom. The van der Waals surface area contributed by atoms with Gasteiger partial charge in [-0.2, -0.15) is 0 Å². The molecule has 38 heavy (non-hydrogen) atoms. The number of benzene rings is 4. The Hall–Kier alpha value is -4.27. The number of rotatable bonds is 8. The van der Waals surface area contributed by atoms with Gasteiger partial charge in [0.25, 0.3) is 0 Å². The van der Waals surface area contributed by atoms with Crippen LogP contribution in [-0.4, -0.2) is 57.3 Å². The average Bonchev–Trinajstić information content (AvgIpc) is 2.97. The van der Waals surface area contributed by atoms with E-state index in [4.69, 9.17) is 4.99 Å². The number of phenols is 1. The normalized spacial score (nSPS) is 11.2. The Balaban J connectivity index is 0.00000121. The second-order valence-electron chi connectivity index (χ2n) is 8.12. The van der Waals surface area contributed by atoms with Gasteiger partial charge in [-0.15, -0.1) is 0 Å². The van der Waals surface area contributed by atoms with Crippen molar-refractivity contribution in [1.29, 1.82) is 0 Å². The third-order valence-electron chi connectivity index (χ3n) is 5.66. The Bertz CT molecular complexity index is 1360. The van der Waals surface area contributed by atoms with Crippen LogP contribution < -0.4 is 21.3 Å². The summed E-state index contributed by atoms with van der Waals surface area (Å²) in [6.07, 6.45) is -0.0432. The van der Waals surface area contributed by atoms with Crippen LogP contribution in [0.2, 0.25) is 0 Å². The predicted octanol–water partition coefficient (Wildman–Crippen LogP) is 5.32. The van der Waals surface area contributed by atoms with Crippen molar-refractivity contribution >= 4 is 57.9 Å². The first kappa shape index (κ1) is 30.0. The zero-order valence-electron chi connectivity index (χ0n) is 22.2. The lowest BCUT2D eigenvalue weighted by Crippen LogP contribution is -2.23. The van der Waals surface area contributed by atoms with Crippen molar-refractivity contribution in [2.45, 2.75) is 6.17 Å². The van der Waals surface area contributed by atoms with Gasteiger partial charge in [-0.1, -0.05) is 66.8 Å². The summed E-state index contributed by atoms with van der Waals surface area (Å²) in [4.78, 5) is 19.0. The van der Waals surface area contributed by atoms with Gasteiger partial charge in [0.15, 0.2) is 12.5 Å². The Morgan fingerprint density at radius 1 is 0.947 bits per heavy atom. The minimum Gasteiger partial charge on any atom is -0.508 e. The molecule has 8 heteroatoms. The van der Waals surface area contributed by atoms with Gasteiger partial charge in [-0.3, -0.25) is 9.79 Å². The number of hydrogen-bond acceptors (Lipinski definition) is 8. The Kier molecular flexibility index (Phi) is 11.9. The van der Waals surface area contributed by atoms with Crippen LogP contribution in [0.5, 0.6) is 5.75 Å². The van der Waals surface area contributed by atoms with Crippen molar-refractivity contribution in [3.63, 3.8) is 0 Å². The summed E-state index contributed by atoms with van der Waals surface area (Å²) < 4.78 is 0. The number of aldehydes is 1. The standard InChI is InChI=1S/C28H28N4O2.CH5N.CH2S/c1-29-24-14-15-25(22-12-8-7-11-21(22)24)30-27(18-33)31-28(19-9-5-4-6-10-19)23-17-20(34)13-16-26(23)32(2)3;2*1-2/h4-18,27,29-30,34H,1-3H3;2H2,1H3;1H2/b31-28-;;. The van der Waals surface area contributed by atoms with Crippen molar-refractivity contribution in [3.8, 4) is 5.75 Å². The highest BCUT2D eigenvalue weighted by Gasteiger charge is 2.17. The van der Waals surface area contributed by atoms with Crippen molar-refractivity contribution < 1.29 is 9.90 Å². The molecule has 1 unspecified atom stereocenters. The van der Waals surface area contributed by atoms with E-state index in [1.165, 1.54) is 7.05 Å². The van der Waals surface area contributed by atoms with Crippen molar-refractivity contribution in [2.75, 3.05) is 43.7 Å². The third kappa shape index (κ3) is 7.15. The van der Waals surface area contributed by atoms with Crippen LogP contribution in [0, 0.1) is 0 Å². The average molecular weight is 530 g/mol. The van der Waals surface area contributed by atoms with Gasteiger partial charge < -0.3 is 26.4 Å². The molecule has 0 aliphatic rings. The number of aromatic hydroxyl groups is 1. The molecule has 1 atom stereocenters. The first-order chi connectivity index (χ1) is 18.5. The molecule has 5 N–H and O–H groups in total. The second kappa shape index (κ2) is 15.1. The molecule has 4 aromatic rings. The molecule has 0 fully saturated rings. The van der Waals surface area contributed by atoms with E-state index in [2.05, 4.69) is 34.5 Å². The largest absolute Gasteiger partial charge is 0.508 e. The van der Waals surface area contributed by atoms with Gasteiger partial charge in [-0.05, 0) is 43.2 Å². The highest BCUT2D eigenvalue weighted by atomic mass is 32.1. The summed E-state index contributed by atoms with van der Waals surface area (Å²) in [5.74, 6) is 2.97. The van der Waals surface area contributed by atoms with Gasteiger partial charge in [0.1, 0.15) is 5.75 Å². The van der Waals surface area contributed by atoms with E-state index >= 15 is 0 Å². The molecule has 0 spiro atoms. The Labute approximate surface area is 230 Å². The minimum absolute atomic E-state index is 0.133. The number of nitrogens with zero attached hydrogens (tertiary/aromatic N) is 2. The topological polar surface area (TPSA) is 103 Å². The number of thiocarbonyl (C=S) groups is 1. The fourth-order valence-electron chi connectivity index (χ4n) is 4.04. The number of hydrogen-bond donors (Lipinski definition) is 4. The molecule has 0 aliphatic heterocycles. The van der Waals surface area contributed by atoms with E-state index in [0.29, 0.717) is 5.71 Å². The second-order valence-corrected chi connectivity index (χ2v) is 8.12. The quantitative estimate of drug-likeness (QED) is 0.139. The molecule has 0 saturated heterocycles. The summed E-state index contributed by atoms with van der Waals surface area (Å²) in [6.45, 7) is 0. The fourth-order valence-corrected chi connectivity index (χ4v) is 4.04. The maximum absolute atomic E-state index is 12.2. The van der Waals surface area contributed by atoms with Crippen LogP contribution in [0.4, 0.5) is 17.1 Å². The number of phenolic OH excluding ortho intramolecular Hbond substituents is 1. The molecular weight excluding hydrogens is 494 g/mol. The van der Waals surface area contributed by atoms with Crippen LogP contribution in [0.3, 0.4) is 0 Å². The number of carbonyl (C=O) groups excluding carboxylic acids is 1. The molecule has 4 aromatic carbocycles. The SMILES string of the molecule is C=S.CN.CNc1ccc(NC(C=O)/N=C(/c2ccccc2)c2cc(O)ccc2N(C)C)c2ccccc12. The van der Waals surface area contributed by atoms with Crippen molar-refractivity contribution in [2.24, 2.45) is 10.7 Å². The number of anilines is 3. The van der Waals surface area contributed by atoms with Crippen LogP contribution >= 0.6 is 12.2 Å². The van der Waals surface area contributed by atoms with Gasteiger partial charge in [-0.25, -0.2) is 0 Å². The third-order valence-corrected chi connectivity index (χ3v) is 5.66. The first-order valence-corrected chi connectivity index (χ1v) is 12.5. The summed E-state index contributed by atoms with van der Waals surface area (Å²) in [5, 5.41) is 18.8. The van der Waals surface area contributed by atoms with Crippen molar-refractivity contribution in [3.05, 3.63) is 96.1 Å². The molecule has 198 valence electrons. The lowest BCUT2D eigenvalue weighted by molar-refractivity contribution is -0.108. The molecule has 0 amide bonds. The zero-order valence-corrected chi connectivity index (χ0v) is 23.0. The van der Waals surface area contributed by atoms with E-state index in [0.717, 1.165) is 45.2 Å². The number of aliphatic imine (C=N–C) groups is 1. The minimum atomic E-state index is -0.837. The zero-order chi connectivity index (χ0) is 28.1. The van der Waals surface area contributed by atoms with E-state index < -0.39 is 6.17 Å². The smallest absolute Gasteiger partial charge is 0.175 e. The lowest BCUT2D eigenvalue weighted by atomic mass is 9.99. The molecule has 0 bridgehead atoms. The summed E-state index contributed by atoms with van der Waals surface area (Å²) in [7, 11) is 7.25. The molecule has 4 rings (SSSR count). The van der Waals surface area contributed by atoms with E-state index in [-0.39, 0.29) is 5.75 Å². The molecule has 7 nitrogen and oxygen atoms in total. The highest BCUT2D eigenvalue weighted by molar-refractivity contribution is 7.77. The molecule has 0 radical (unpaired) electrons. The van der Waals surface area contributed by atoms with Gasteiger partial charge >= 0.3 is 0 Å².